The topological polar surface area (TPSA) is 0 Å². The standard InChI is InChI=1S/C19H12Cl3/c20-16-10-4-1-7-13(16)19(14-8-2-5-11-17(14)21)15-9-3-6-12-18(15)22/h1-12H/q+1. The van der Waals surface area contributed by atoms with E-state index in [0.29, 0.717) is 15.1 Å². The molecule has 0 atom stereocenters. The molecule has 0 radical (unpaired) electrons. The van der Waals surface area contributed by atoms with Crippen molar-refractivity contribution in [2.24, 2.45) is 0 Å². The second-order valence-electron chi connectivity index (χ2n) is 4.81. The molecule has 3 aromatic rings. The molecule has 0 fully saturated rings. The Morgan fingerprint density at radius 3 is 1.00 bits per heavy atom. The molecule has 0 unspecified atom stereocenters. The predicted molar refractivity (Wildman–Crippen MR) is 94.9 cm³/mol. The molecule has 0 aliphatic heterocycles. The van der Waals surface area contributed by atoms with Crippen LogP contribution in [0, 0.1) is 5.92 Å². The van der Waals surface area contributed by atoms with Gasteiger partial charge in [0.1, 0.15) is 0 Å². The zero-order valence-corrected chi connectivity index (χ0v) is 13.8. The lowest BCUT2D eigenvalue weighted by atomic mass is 9.85. The molecule has 0 aliphatic carbocycles. The highest BCUT2D eigenvalue weighted by Crippen LogP contribution is 2.40. The van der Waals surface area contributed by atoms with Gasteiger partial charge in [-0.3, -0.25) is 0 Å². The average molecular weight is 347 g/mol. The largest absolute Gasteiger partial charge is 0.0940 e. The lowest BCUT2D eigenvalue weighted by Crippen LogP contribution is -2.06. The van der Waals surface area contributed by atoms with Crippen molar-refractivity contribution in [1.82, 2.24) is 0 Å². The fourth-order valence-corrected chi connectivity index (χ4v) is 3.12. The van der Waals surface area contributed by atoms with Gasteiger partial charge in [-0.1, -0.05) is 0 Å². The van der Waals surface area contributed by atoms with E-state index in [-0.39, 0.29) is 0 Å². The fraction of sp³-hybridized carbons (Fsp3) is 0. The Labute approximate surface area is 145 Å². The van der Waals surface area contributed by atoms with Crippen molar-refractivity contribution >= 4 is 34.8 Å². The number of hydrogen-bond acceptors (Lipinski definition) is 0. The summed E-state index contributed by atoms with van der Waals surface area (Å²) in [5, 5.41) is 1.99. The van der Waals surface area contributed by atoms with E-state index in [1.54, 1.807) is 0 Å². The van der Waals surface area contributed by atoms with Gasteiger partial charge in [0.25, 0.3) is 0 Å². The van der Waals surface area contributed by atoms with Crippen molar-refractivity contribution in [3.05, 3.63) is 110 Å². The third kappa shape index (κ3) is 2.96. The quantitative estimate of drug-likeness (QED) is 0.367. The highest BCUT2D eigenvalue weighted by Gasteiger charge is 2.28. The third-order valence-corrected chi connectivity index (χ3v) is 4.42. The zero-order valence-electron chi connectivity index (χ0n) is 11.6. The number of benzene rings is 3. The fourth-order valence-electron chi connectivity index (χ4n) is 2.43. The van der Waals surface area contributed by atoms with Gasteiger partial charge in [0.2, 0.25) is 0 Å². The summed E-state index contributed by atoms with van der Waals surface area (Å²) in [4.78, 5) is 0. The van der Waals surface area contributed by atoms with Crippen LogP contribution in [0.1, 0.15) is 16.7 Å². The maximum atomic E-state index is 6.42. The van der Waals surface area contributed by atoms with E-state index < -0.39 is 0 Å². The van der Waals surface area contributed by atoms with Gasteiger partial charge in [-0.25, -0.2) is 0 Å². The van der Waals surface area contributed by atoms with Crippen LogP contribution in [0.25, 0.3) is 0 Å². The molecule has 3 rings (SSSR count). The van der Waals surface area contributed by atoms with Crippen molar-refractivity contribution in [3.8, 4) is 0 Å². The summed E-state index contributed by atoms with van der Waals surface area (Å²) >= 11 is 19.2. The molecule has 0 aliphatic rings. The Balaban J connectivity index is 2.27. The van der Waals surface area contributed by atoms with E-state index in [2.05, 4.69) is 0 Å². The number of rotatable bonds is 3. The van der Waals surface area contributed by atoms with Crippen molar-refractivity contribution in [1.29, 1.82) is 0 Å². The van der Waals surface area contributed by atoms with Crippen LogP contribution in [0.2, 0.25) is 15.1 Å². The summed E-state index contributed by atoms with van der Waals surface area (Å²) in [5.41, 5.74) is 2.72. The maximum Gasteiger partial charge on any atom is 0.0940 e. The van der Waals surface area contributed by atoms with Gasteiger partial charge in [-0.2, -0.15) is 0 Å². The van der Waals surface area contributed by atoms with Crippen LogP contribution in [0.5, 0.6) is 0 Å². The Morgan fingerprint density at radius 1 is 0.455 bits per heavy atom. The lowest BCUT2D eigenvalue weighted by molar-refractivity contribution is 1.23. The Morgan fingerprint density at radius 2 is 0.727 bits per heavy atom. The highest BCUT2D eigenvalue weighted by atomic mass is 35.5. The molecule has 0 nitrogen and oxygen atoms in total. The second-order valence-corrected chi connectivity index (χ2v) is 6.04. The van der Waals surface area contributed by atoms with Crippen LogP contribution >= 0.6 is 34.8 Å². The van der Waals surface area contributed by atoms with Crippen LogP contribution in [0.3, 0.4) is 0 Å². The monoisotopic (exact) mass is 345 g/mol. The van der Waals surface area contributed by atoms with Gasteiger partial charge < -0.3 is 0 Å². The highest BCUT2D eigenvalue weighted by molar-refractivity contribution is 6.34. The zero-order chi connectivity index (χ0) is 15.5. The van der Waals surface area contributed by atoms with Gasteiger partial charge in [0, 0.05) is 0 Å². The molecule has 3 aromatic carbocycles. The average Bonchev–Trinajstić information content (AvgIpc) is 2.53. The van der Waals surface area contributed by atoms with E-state index in [4.69, 9.17) is 34.8 Å². The van der Waals surface area contributed by atoms with E-state index in [9.17, 15) is 0 Å². The van der Waals surface area contributed by atoms with Crippen LogP contribution < -0.4 is 0 Å². The van der Waals surface area contributed by atoms with E-state index in [1.165, 1.54) is 0 Å². The van der Waals surface area contributed by atoms with Crippen molar-refractivity contribution in [2.45, 2.75) is 0 Å². The van der Waals surface area contributed by atoms with Crippen LogP contribution in [0.4, 0.5) is 0 Å². The number of halogens is 3. The maximum absolute atomic E-state index is 6.42. The van der Waals surface area contributed by atoms with Crippen molar-refractivity contribution < 1.29 is 0 Å². The third-order valence-electron chi connectivity index (χ3n) is 3.43. The minimum absolute atomic E-state index is 0.664. The lowest BCUT2D eigenvalue weighted by Gasteiger charge is -2.16. The first kappa shape index (κ1) is 15.3. The SMILES string of the molecule is Clc1ccccc1[C+](c1ccccc1Cl)c1ccccc1Cl. The molecule has 22 heavy (non-hydrogen) atoms. The molecular weight excluding hydrogens is 335 g/mol. The van der Waals surface area contributed by atoms with Crippen LogP contribution in [0.15, 0.2) is 72.8 Å². The van der Waals surface area contributed by atoms with E-state index in [1.807, 2.05) is 72.8 Å². The van der Waals surface area contributed by atoms with Crippen LogP contribution in [-0.2, 0) is 0 Å². The van der Waals surface area contributed by atoms with Gasteiger partial charge in [0.05, 0.1) is 37.7 Å². The molecule has 0 aromatic heterocycles. The smallest absolute Gasteiger partial charge is 0.0496 e. The molecule has 108 valence electrons. The van der Waals surface area contributed by atoms with Gasteiger partial charge >= 0.3 is 0 Å². The van der Waals surface area contributed by atoms with Crippen LogP contribution in [-0.4, -0.2) is 0 Å². The Kier molecular flexibility index (Phi) is 4.63. The molecule has 0 amide bonds. The molecule has 0 spiro atoms. The first-order valence-electron chi connectivity index (χ1n) is 6.80. The normalized spacial score (nSPS) is 10.5. The summed E-state index contributed by atoms with van der Waals surface area (Å²) in [6.45, 7) is 0. The molecule has 3 heteroatoms. The molecule has 0 bridgehead atoms. The predicted octanol–water partition coefficient (Wildman–Crippen LogP) is 6.67. The first-order valence-corrected chi connectivity index (χ1v) is 7.93. The molecule has 0 saturated heterocycles. The summed E-state index contributed by atoms with van der Waals surface area (Å²) in [7, 11) is 0. The molecular formula is C19H12Cl3+. The van der Waals surface area contributed by atoms with Crippen molar-refractivity contribution in [3.63, 3.8) is 0 Å². The van der Waals surface area contributed by atoms with Gasteiger partial charge in [0.15, 0.2) is 0 Å². The molecule has 0 saturated carbocycles. The molecule has 0 heterocycles. The molecule has 0 N–H and O–H groups in total. The Hall–Kier alpha value is -1.60. The summed E-state index contributed by atoms with van der Waals surface area (Å²) < 4.78 is 0. The second kappa shape index (κ2) is 6.66. The number of hydrogen-bond donors (Lipinski definition) is 0. The van der Waals surface area contributed by atoms with Gasteiger partial charge in [-0.15, -0.1) is 0 Å². The van der Waals surface area contributed by atoms with E-state index in [0.717, 1.165) is 22.6 Å². The minimum atomic E-state index is 0.664. The van der Waals surface area contributed by atoms with E-state index >= 15 is 0 Å². The first-order chi connectivity index (χ1) is 10.7. The Bertz CT molecular complexity index is 688. The summed E-state index contributed by atoms with van der Waals surface area (Å²) in [6, 6.07) is 23.1. The summed E-state index contributed by atoms with van der Waals surface area (Å²) in [5.74, 6) is 0.932. The van der Waals surface area contributed by atoms with Gasteiger partial charge in [-0.05, 0) is 108 Å². The minimum Gasteiger partial charge on any atom is -0.0496 e. The summed E-state index contributed by atoms with van der Waals surface area (Å²) in [6.07, 6.45) is 0. The van der Waals surface area contributed by atoms with Crippen molar-refractivity contribution in [2.75, 3.05) is 0 Å².